The highest BCUT2D eigenvalue weighted by molar-refractivity contribution is 7.15. The lowest BCUT2D eigenvalue weighted by Crippen LogP contribution is -2.13. The highest BCUT2D eigenvalue weighted by Crippen LogP contribution is 2.14. The number of ether oxygens (including phenoxy) is 1. The molecule has 3 aromatic heterocycles. The van der Waals surface area contributed by atoms with Crippen molar-refractivity contribution >= 4 is 28.0 Å². The number of nitrogens with zero attached hydrogens (tertiary/aromatic N) is 6. The Balaban J connectivity index is 1.67. The van der Waals surface area contributed by atoms with Crippen LogP contribution < -0.4 is 10.1 Å². The SMILES string of the molecule is COc1ccc2nnc(CCC(=O)Nc3nnc(C)s3)n2n1. The quantitative estimate of drug-likeness (QED) is 0.743. The molecule has 0 saturated heterocycles. The highest BCUT2D eigenvalue weighted by Gasteiger charge is 2.11. The van der Waals surface area contributed by atoms with Gasteiger partial charge in [0.15, 0.2) is 11.5 Å². The second-order valence-corrected chi connectivity index (χ2v) is 5.62. The zero-order chi connectivity index (χ0) is 15.5. The Labute approximate surface area is 129 Å². The molecule has 0 radical (unpaired) electrons. The fourth-order valence-corrected chi connectivity index (χ4v) is 2.44. The summed E-state index contributed by atoms with van der Waals surface area (Å²) in [5, 5.41) is 24.0. The highest BCUT2D eigenvalue weighted by atomic mass is 32.1. The number of carbonyl (C=O) groups is 1. The summed E-state index contributed by atoms with van der Waals surface area (Å²) in [6.07, 6.45) is 0.656. The van der Waals surface area contributed by atoms with Crippen molar-refractivity contribution in [3.8, 4) is 5.88 Å². The molecule has 3 heterocycles. The van der Waals surface area contributed by atoms with Crippen molar-refractivity contribution in [3.63, 3.8) is 0 Å². The van der Waals surface area contributed by atoms with Crippen molar-refractivity contribution in [2.45, 2.75) is 19.8 Å². The lowest BCUT2D eigenvalue weighted by Gasteiger charge is -2.02. The van der Waals surface area contributed by atoms with Gasteiger partial charge in [-0.15, -0.1) is 25.5 Å². The molecule has 0 aromatic carbocycles. The minimum atomic E-state index is -0.157. The van der Waals surface area contributed by atoms with Crippen molar-refractivity contribution in [3.05, 3.63) is 23.0 Å². The van der Waals surface area contributed by atoms with Crippen LogP contribution in [0, 0.1) is 6.92 Å². The monoisotopic (exact) mass is 319 g/mol. The lowest BCUT2D eigenvalue weighted by molar-refractivity contribution is -0.116. The first-order chi connectivity index (χ1) is 10.7. The van der Waals surface area contributed by atoms with Crippen LogP contribution in [0.15, 0.2) is 12.1 Å². The fraction of sp³-hybridized carbons (Fsp3) is 0.333. The summed E-state index contributed by atoms with van der Waals surface area (Å²) < 4.78 is 6.64. The molecule has 0 aliphatic heterocycles. The predicted octanol–water partition coefficient (Wildman–Crippen LogP) is 0.864. The van der Waals surface area contributed by atoms with E-state index in [1.165, 1.54) is 18.4 Å². The zero-order valence-corrected chi connectivity index (χ0v) is 12.8. The molecule has 22 heavy (non-hydrogen) atoms. The van der Waals surface area contributed by atoms with Gasteiger partial charge in [0.25, 0.3) is 0 Å². The minimum absolute atomic E-state index is 0.157. The zero-order valence-electron chi connectivity index (χ0n) is 12.0. The van der Waals surface area contributed by atoms with Gasteiger partial charge in [-0.1, -0.05) is 11.3 Å². The second kappa shape index (κ2) is 6.02. The average Bonchev–Trinajstić information content (AvgIpc) is 3.10. The lowest BCUT2D eigenvalue weighted by atomic mass is 10.3. The van der Waals surface area contributed by atoms with Crippen LogP contribution in [0.25, 0.3) is 5.65 Å². The van der Waals surface area contributed by atoms with Crippen LogP contribution in [-0.4, -0.2) is 43.0 Å². The number of amides is 1. The number of rotatable bonds is 5. The van der Waals surface area contributed by atoms with Gasteiger partial charge in [0.2, 0.25) is 16.9 Å². The van der Waals surface area contributed by atoms with Gasteiger partial charge in [-0.3, -0.25) is 4.79 Å². The van der Waals surface area contributed by atoms with E-state index < -0.39 is 0 Å². The van der Waals surface area contributed by atoms with E-state index in [4.69, 9.17) is 4.74 Å². The van der Waals surface area contributed by atoms with Gasteiger partial charge in [-0.2, -0.15) is 4.52 Å². The average molecular weight is 319 g/mol. The Bertz CT molecular complexity index is 813. The molecule has 9 nitrogen and oxygen atoms in total. The van der Waals surface area contributed by atoms with Gasteiger partial charge in [-0.05, 0) is 13.0 Å². The topological polar surface area (TPSA) is 107 Å². The molecule has 1 N–H and O–H groups in total. The van der Waals surface area contributed by atoms with Crippen LogP contribution in [0.1, 0.15) is 17.3 Å². The molecule has 0 fully saturated rings. The van der Waals surface area contributed by atoms with E-state index in [0.717, 1.165) is 5.01 Å². The first kappa shape index (κ1) is 14.3. The van der Waals surface area contributed by atoms with Crippen LogP contribution >= 0.6 is 11.3 Å². The summed E-state index contributed by atoms with van der Waals surface area (Å²) in [5.41, 5.74) is 0.607. The summed E-state index contributed by atoms with van der Waals surface area (Å²) in [7, 11) is 1.54. The van der Waals surface area contributed by atoms with E-state index >= 15 is 0 Å². The number of aromatic nitrogens is 6. The summed E-state index contributed by atoms with van der Waals surface area (Å²) in [6, 6.07) is 3.46. The molecule has 3 aromatic rings. The largest absolute Gasteiger partial charge is 0.480 e. The first-order valence-corrected chi connectivity index (χ1v) is 7.32. The van der Waals surface area contributed by atoms with E-state index in [1.54, 1.807) is 16.6 Å². The smallest absolute Gasteiger partial charge is 0.231 e. The molecule has 10 heteroatoms. The van der Waals surface area contributed by atoms with E-state index in [9.17, 15) is 4.79 Å². The fourth-order valence-electron chi connectivity index (χ4n) is 1.84. The second-order valence-electron chi connectivity index (χ2n) is 4.44. The summed E-state index contributed by atoms with van der Waals surface area (Å²) in [6.45, 7) is 1.83. The van der Waals surface area contributed by atoms with Crippen LogP contribution in [0.5, 0.6) is 5.88 Å². The van der Waals surface area contributed by atoms with E-state index in [-0.39, 0.29) is 12.3 Å². The Morgan fingerprint density at radius 1 is 1.32 bits per heavy atom. The Morgan fingerprint density at radius 3 is 2.91 bits per heavy atom. The molecular weight excluding hydrogens is 306 g/mol. The first-order valence-electron chi connectivity index (χ1n) is 6.51. The normalized spacial score (nSPS) is 10.8. The maximum atomic E-state index is 11.9. The van der Waals surface area contributed by atoms with E-state index in [0.29, 0.717) is 28.9 Å². The molecule has 0 aliphatic rings. The molecular formula is C12H13N7O2S. The minimum Gasteiger partial charge on any atom is -0.480 e. The van der Waals surface area contributed by atoms with Crippen molar-refractivity contribution < 1.29 is 9.53 Å². The van der Waals surface area contributed by atoms with Gasteiger partial charge >= 0.3 is 0 Å². The molecule has 0 unspecified atom stereocenters. The van der Waals surface area contributed by atoms with Gasteiger partial charge in [0.1, 0.15) is 5.01 Å². The third kappa shape index (κ3) is 3.01. The Kier molecular flexibility index (Phi) is 3.92. The number of nitrogens with one attached hydrogen (secondary N) is 1. The number of methoxy groups -OCH3 is 1. The van der Waals surface area contributed by atoms with Gasteiger partial charge < -0.3 is 10.1 Å². The number of aryl methyl sites for hydroxylation is 2. The molecule has 114 valence electrons. The van der Waals surface area contributed by atoms with Crippen LogP contribution in [-0.2, 0) is 11.2 Å². The molecule has 1 amide bonds. The van der Waals surface area contributed by atoms with Crippen LogP contribution in [0.4, 0.5) is 5.13 Å². The molecule has 3 rings (SSSR count). The van der Waals surface area contributed by atoms with Crippen molar-refractivity contribution in [2.24, 2.45) is 0 Å². The maximum absolute atomic E-state index is 11.9. The van der Waals surface area contributed by atoms with E-state index in [1.807, 2.05) is 6.92 Å². The maximum Gasteiger partial charge on any atom is 0.231 e. The Morgan fingerprint density at radius 2 is 2.18 bits per heavy atom. The standard InChI is InChI=1S/C12H13N7O2S/c1-7-14-17-12(22-7)13-10(20)5-3-8-15-16-9-4-6-11(21-2)18-19(8)9/h4,6H,3,5H2,1-2H3,(H,13,17,20). The molecule has 0 aliphatic carbocycles. The number of anilines is 1. The Hall–Kier alpha value is -2.62. The number of fused-ring (bicyclic) bond motifs is 1. The van der Waals surface area contributed by atoms with Gasteiger partial charge in [0.05, 0.1) is 7.11 Å². The van der Waals surface area contributed by atoms with Crippen LogP contribution in [0.3, 0.4) is 0 Å². The van der Waals surface area contributed by atoms with Crippen molar-refractivity contribution in [1.29, 1.82) is 0 Å². The number of carbonyl (C=O) groups excluding carboxylic acids is 1. The number of hydrogen-bond acceptors (Lipinski definition) is 8. The summed E-state index contributed by atoms with van der Waals surface area (Å²) >= 11 is 1.33. The van der Waals surface area contributed by atoms with Gasteiger partial charge in [-0.25, -0.2) is 0 Å². The predicted molar refractivity (Wildman–Crippen MR) is 78.9 cm³/mol. The number of hydrogen-bond donors (Lipinski definition) is 1. The molecule has 0 saturated carbocycles. The summed E-state index contributed by atoms with van der Waals surface area (Å²) in [4.78, 5) is 11.9. The molecule has 0 spiro atoms. The van der Waals surface area contributed by atoms with Gasteiger partial charge in [0, 0.05) is 18.9 Å². The summed E-state index contributed by atoms with van der Waals surface area (Å²) in [5.74, 6) is 0.899. The van der Waals surface area contributed by atoms with E-state index in [2.05, 4.69) is 30.8 Å². The molecule has 0 bridgehead atoms. The third-order valence-electron chi connectivity index (χ3n) is 2.86. The van der Waals surface area contributed by atoms with Crippen molar-refractivity contribution in [2.75, 3.05) is 12.4 Å². The van der Waals surface area contributed by atoms with Crippen LogP contribution in [0.2, 0.25) is 0 Å². The van der Waals surface area contributed by atoms with Crippen molar-refractivity contribution in [1.82, 2.24) is 30.0 Å². The third-order valence-corrected chi connectivity index (χ3v) is 3.61. The molecule has 0 atom stereocenters.